The standard InChI is InChI=1S/C28H28N2O4/c1-16-10-12-21(18(3)14-16)25-26(29-22-13-11-20(33-5)15-24(22)34-6)28(32)30(27(25)31)23-9-7-8-17(2)19(23)4/h7-15,29H,1-6H3. The molecule has 1 heterocycles. The molecule has 0 radical (unpaired) electrons. The van der Waals surface area contributed by atoms with E-state index >= 15 is 0 Å². The van der Waals surface area contributed by atoms with E-state index in [0.717, 1.165) is 22.3 Å². The Kier molecular flexibility index (Phi) is 6.16. The number of rotatable bonds is 6. The predicted molar refractivity (Wildman–Crippen MR) is 134 cm³/mol. The van der Waals surface area contributed by atoms with Crippen LogP contribution in [0.5, 0.6) is 11.5 Å². The molecule has 3 aromatic carbocycles. The third-order valence-corrected chi connectivity index (χ3v) is 6.22. The van der Waals surface area contributed by atoms with Crippen molar-refractivity contribution in [2.24, 2.45) is 0 Å². The second-order valence-electron chi connectivity index (χ2n) is 8.42. The molecular weight excluding hydrogens is 428 g/mol. The first-order chi connectivity index (χ1) is 16.3. The first kappa shape index (κ1) is 23.1. The van der Waals surface area contributed by atoms with Gasteiger partial charge < -0.3 is 14.8 Å². The van der Waals surface area contributed by atoms with Gasteiger partial charge in [0.15, 0.2) is 0 Å². The third kappa shape index (κ3) is 3.92. The Morgan fingerprint density at radius 2 is 1.56 bits per heavy atom. The molecular formula is C28H28N2O4. The van der Waals surface area contributed by atoms with Crippen molar-refractivity contribution in [1.29, 1.82) is 0 Å². The minimum absolute atomic E-state index is 0.210. The molecule has 1 N–H and O–H groups in total. The highest BCUT2D eigenvalue weighted by molar-refractivity contribution is 6.46. The van der Waals surface area contributed by atoms with Crippen molar-refractivity contribution < 1.29 is 19.1 Å². The maximum atomic E-state index is 13.8. The SMILES string of the molecule is COc1ccc(NC2=C(c3ccc(C)cc3C)C(=O)N(c3cccc(C)c3C)C2=O)c(OC)c1. The van der Waals surface area contributed by atoms with Gasteiger partial charge >= 0.3 is 0 Å². The van der Waals surface area contributed by atoms with Crippen molar-refractivity contribution in [2.45, 2.75) is 27.7 Å². The molecule has 1 aliphatic heterocycles. The molecule has 34 heavy (non-hydrogen) atoms. The van der Waals surface area contributed by atoms with E-state index in [-0.39, 0.29) is 11.6 Å². The lowest BCUT2D eigenvalue weighted by Crippen LogP contribution is -2.33. The number of hydrogen-bond donors (Lipinski definition) is 1. The van der Waals surface area contributed by atoms with E-state index in [2.05, 4.69) is 5.32 Å². The Hall–Kier alpha value is -4.06. The Balaban J connectivity index is 1.90. The fourth-order valence-corrected chi connectivity index (χ4v) is 4.22. The maximum Gasteiger partial charge on any atom is 0.282 e. The zero-order valence-corrected chi connectivity index (χ0v) is 20.3. The number of carbonyl (C=O) groups is 2. The van der Waals surface area contributed by atoms with Gasteiger partial charge in [-0.1, -0.05) is 35.9 Å². The molecule has 2 amide bonds. The van der Waals surface area contributed by atoms with Gasteiger partial charge in [0.05, 0.1) is 31.2 Å². The summed E-state index contributed by atoms with van der Waals surface area (Å²) in [7, 11) is 3.12. The van der Waals surface area contributed by atoms with Crippen molar-refractivity contribution >= 4 is 28.8 Å². The van der Waals surface area contributed by atoms with E-state index in [0.29, 0.717) is 34.0 Å². The molecule has 0 aliphatic carbocycles. The lowest BCUT2D eigenvalue weighted by atomic mass is 9.97. The Labute approximate surface area is 199 Å². The average molecular weight is 457 g/mol. The molecule has 3 aromatic rings. The molecule has 1 aliphatic rings. The minimum atomic E-state index is -0.411. The van der Waals surface area contributed by atoms with Gasteiger partial charge in [-0.05, 0) is 68.1 Å². The van der Waals surface area contributed by atoms with E-state index in [4.69, 9.17) is 9.47 Å². The van der Waals surface area contributed by atoms with Gasteiger partial charge in [0.25, 0.3) is 11.8 Å². The van der Waals surface area contributed by atoms with Gasteiger partial charge in [0.1, 0.15) is 17.2 Å². The fourth-order valence-electron chi connectivity index (χ4n) is 4.22. The maximum absolute atomic E-state index is 13.8. The monoisotopic (exact) mass is 456 g/mol. The van der Waals surface area contributed by atoms with Gasteiger partial charge in [-0.3, -0.25) is 9.59 Å². The molecule has 0 bridgehead atoms. The van der Waals surface area contributed by atoms with Crippen molar-refractivity contribution in [3.63, 3.8) is 0 Å². The molecule has 6 heteroatoms. The van der Waals surface area contributed by atoms with Crippen molar-refractivity contribution in [3.05, 3.63) is 88.1 Å². The van der Waals surface area contributed by atoms with Gasteiger partial charge in [0.2, 0.25) is 0 Å². The molecule has 6 nitrogen and oxygen atoms in total. The molecule has 4 rings (SSSR count). The van der Waals surface area contributed by atoms with Crippen LogP contribution >= 0.6 is 0 Å². The summed E-state index contributed by atoms with van der Waals surface area (Å²) in [6, 6.07) is 16.7. The molecule has 174 valence electrons. The molecule has 0 saturated heterocycles. The number of anilines is 2. The van der Waals surface area contributed by atoms with E-state index in [1.165, 1.54) is 4.90 Å². The lowest BCUT2D eigenvalue weighted by Gasteiger charge is -2.19. The van der Waals surface area contributed by atoms with E-state index < -0.39 is 5.91 Å². The topological polar surface area (TPSA) is 67.9 Å². The molecule has 0 spiro atoms. The second-order valence-corrected chi connectivity index (χ2v) is 8.42. The second kappa shape index (κ2) is 9.06. The van der Waals surface area contributed by atoms with E-state index in [1.807, 2.05) is 58.0 Å². The lowest BCUT2D eigenvalue weighted by molar-refractivity contribution is -0.120. The number of hydrogen-bond acceptors (Lipinski definition) is 5. The zero-order valence-electron chi connectivity index (χ0n) is 20.3. The smallest absolute Gasteiger partial charge is 0.282 e. The Morgan fingerprint density at radius 3 is 2.24 bits per heavy atom. The first-order valence-electron chi connectivity index (χ1n) is 11.0. The quantitative estimate of drug-likeness (QED) is 0.508. The van der Waals surface area contributed by atoms with Crippen molar-refractivity contribution in [2.75, 3.05) is 24.4 Å². The minimum Gasteiger partial charge on any atom is -0.497 e. The number of ether oxygens (including phenoxy) is 2. The van der Waals surface area contributed by atoms with Gasteiger partial charge in [0, 0.05) is 6.07 Å². The largest absolute Gasteiger partial charge is 0.497 e. The van der Waals surface area contributed by atoms with Crippen molar-refractivity contribution in [1.82, 2.24) is 0 Å². The summed E-state index contributed by atoms with van der Waals surface area (Å²) in [5.74, 6) is 0.348. The molecule has 0 unspecified atom stereocenters. The van der Waals surface area contributed by atoms with Crippen LogP contribution in [0.1, 0.15) is 27.8 Å². The van der Waals surface area contributed by atoms with Crippen LogP contribution in [0.15, 0.2) is 60.3 Å². The number of benzene rings is 3. The van der Waals surface area contributed by atoms with Crippen LogP contribution in [0.2, 0.25) is 0 Å². The van der Waals surface area contributed by atoms with Gasteiger partial charge in [-0.15, -0.1) is 0 Å². The number of amides is 2. The van der Waals surface area contributed by atoms with Crippen molar-refractivity contribution in [3.8, 4) is 11.5 Å². The normalized spacial score (nSPS) is 13.5. The van der Waals surface area contributed by atoms with Crippen LogP contribution in [0, 0.1) is 27.7 Å². The van der Waals surface area contributed by atoms with Gasteiger partial charge in [-0.25, -0.2) is 4.90 Å². The number of nitrogens with zero attached hydrogens (tertiary/aromatic N) is 1. The number of carbonyl (C=O) groups excluding carboxylic acids is 2. The highest BCUT2D eigenvalue weighted by atomic mass is 16.5. The van der Waals surface area contributed by atoms with Crippen LogP contribution < -0.4 is 19.7 Å². The van der Waals surface area contributed by atoms with Crippen LogP contribution in [0.25, 0.3) is 5.57 Å². The van der Waals surface area contributed by atoms with Crippen LogP contribution in [-0.2, 0) is 9.59 Å². The fraction of sp³-hybridized carbons (Fsp3) is 0.214. The third-order valence-electron chi connectivity index (χ3n) is 6.22. The average Bonchev–Trinajstić information content (AvgIpc) is 3.05. The van der Waals surface area contributed by atoms with Crippen LogP contribution in [-0.4, -0.2) is 26.0 Å². The Bertz CT molecular complexity index is 1340. The molecule has 0 aromatic heterocycles. The highest BCUT2D eigenvalue weighted by Gasteiger charge is 2.41. The summed E-state index contributed by atoms with van der Waals surface area (Å²) in [6.45, 7) is 7.82. The van der Waals surface area contributed by atoms with E-state index in [9.17, 15) is 9.59 Å². The summed E-state index contributed by atoms with van der Waals surface area (Å²) < 4.78 is 10.8. The predicted octanol–water partition coefficient (Wildman–Crippen LogP) is 5.33. The number of imide groups is 1. The number of aryl methyl sites for hydroxylation is 3. The first-order valence-corrected chi connectivity index (χ1v) is 11.0. The van der Waals surface area contributed by atoms with E-state index in [1.54, 1.807) is 38.5 Å². The number of nitrogens with one attached hydrogen (secondary N) is 1. The molecule has 0 atom stereocenters. The molecule has 0 saturated carbocycles. The summed E-state index contributed by atoms with van der Waals surface area (Å²) in [4.78, 5) is 28.9. The molecule has 0 fully saturated rings. The zero-order chi connectivity index (χ0) is 24.6. The summed E-state index contributed by atoms with van der Waals surface area (Å²) in [6.07, 6.45) is 0. The highest BCUT2D eigenvalue weighted by Crippen LogP contribution is 2.38. The van der Waals surface area contributed by atoms with Gasteiger partial charge in [-0.2, -0.15) is 0 Å². The Morgan fingerprint density at radius 1 is 0.794 bits per heavy atom. The number of methoxy groups -OCH3 is 2. The van der Waals surface area contributed by atoms with Crippen LogP contribution in [0.4, 0.5) is 11.4 Å². The summed E-state index contributed by atoms with van der Waals surface area (Å²) >= 11 is 0. The summed E-state index contributed by atoms with van der Waals surface area (Å²) in [5.41, 5.74) is 6.28. The summed E-state index contributed by atoms with van der Waals surface area (Å²) in [5, 5.41) is 3.20. The van der Waals surface area contributed by atoms with Crippen LogP contribution in [0.3, 0.4) is 0 Å².